The summed E-state index contributed by atoms with van der Waals surface area (Å²) in [6.45, 7) is 0.153. The van der Waals surface area contributed by atoms with Gasteiger partial charge in [0.15, 0.2) is 0 Å². The molecular formula is C11H10ClN3O2S3. The molecule has 0 saturated heterocycles. The average Bonchev–Trinajstić information content (AvgIpc) is 2.89. The van der Waals surface area contributed by atoms with Crippen molar-refractivity contribution in [3.63, 3.8) is 0 Å². The molecule has 5 nitrogen and oxygen atoms in total. The highest BCUT2D eigenvalue weighted by Crippen LogP contribution is 2.23. The zero-order valence-corrected chi connectivity index (χ0v) is 13.2. The summed E-state index contributed by atoms with van der Waals surface area (Å²) in [7, 11) is -3.74. The van der Waals surface area contributed by atoms with E-state index in [4.69, 9.17) is 29.6 Å². The van der Waals surface area contributed by atoms with Crippen molar-refractivity contribution in [2.24, 2.45) is 5.73 Å². The summed E-state index contributed by atoms with van der Waals surface area (Å²) in [5.41, 5.74) is 7.57. The van der Waals surface area contributed by atoms with Crippen LogP contribution in [0.25, 0.3) is 0 Å². The third kappa shape index (κ3) is 3.53. The molecule has 0 spiro atoms. The van der Waals surface area contributed by atoms with Crippen molar-refractivity contribution in [1.29, 1.82) is 0 Å². The lowest BCUT2D eigenvalue weighted by molar-refractivity contribution is 0.582. The molecule has 0 unspecified atom stereocenters. The van der Waals surface area contributed by atoms with E-state index >= 15 is 0 Å². The highest BCUT2D eigenvalue weighted by molar-refractivity contribution is 7.89. The summed E-state index contributed by atoms with van der Waals surface area (Å²) in [6.07, 6.45) is 1.60. The summed E-state index contributed by atoms with van der Waals surface area (Å²) >= 11 is 12.1. The minimum atomic E-state index is -3.74. The largest absolute Gasteiger partial charge is 0.389 e. The van der Waals surface area contributed by atoms with Crippen LogP contribution in [0.2, 0.25) is 5.02 Å². The number of sulfonamides is 1. The van der Waals surface area contributed by atoms with Crippen LogP contribution in [-0.2, 0) is 16.6 Å². The number of halogens is 1. The second-order valence-electron chi connectivity index (χ2n) is 3.80. The second kappa shape index (κ2) is 6.15. The fourth-order valence-corrected chi connectivity index (χ4v) is 3.72. The van der Waals surface area contributed by atoms with Crippen molar-refractivity contribution in [1.82, 2.24) is 9.71 Å². The summed E-state index contributed by atoms with van der Waals surface area (Å²) < 4.78 is 26.9. The third-order valence-corrected chi connectivity index (χ3v) is 5.32. The number of thiazole rings is 1. The van der Waals surface area contributed by atoms with Gasteiger partial charge in [-0.3, -0.25) is 4.98 Å². The van der Waals surface area contributed by atoms with Gasteiger partial charge in [-0.25, -0.2) is 13.1 Å². The normalized spacial score (nSPS) is 11.4. The van der Waals surface area contributed by atoms with Crippen molar-refractivity contribution >= 4 is 50.2 Å². The number of hydrogen-bond donors (Lipinski definition) is 2. The maximum Gasteiger partial charge on any atom is 0.242 e. The van der Waals surface area contributed by atoms with Crippen LogP contribution in [0.3, 0.4) is 0 Å². The number of aromatic nitrogens is 1. The summed E-state index contributed by atoms with van der Waals surface area (Å²) in [6, 6.07) is 4.39. The highest BCUT2D eigenvalue weighted by atomic mass is 35.5. The molecule has 106 valence electrons. The molecule has 0 fully saturated rings. The lowest BCUT2D eigenvalue weighted by atomic mass is 10.2. The van der Waals surface area contributed by atoms with Crippen molar-refractivity contribution in [2.75, 3.05) is 0 Å². The van der Waals surface area contributed by atoms with Gasteiger partial charge in [0.05, 0.1) is 10.5 Å². The Morgan fingerprint density at radius 2 is 2.25 bits per heavy atom. The van der Waals surface area contributed by atoms with Crippen LogP contribution in [0, 0.1) is 0 Å². The number of nitrogens with one attached hydrogen (secondary N) is 1. The van der Waals surface area contributed by atoms with Gasteiger partial charge in [0, 0.05) is 23.2 Å². The van der Waals surface area contributed by atoms with E-state index in [2.05, 4.69) is 9.71 Å². The van der Waals surface area contributed by atoms with E-state index < -0.39 is 10.0 Å². The predicted octanol–water partition coefficient (Wildman–Crippen LogP) is 1.91. The van der Waals surface area contributed by atoms with Gasteiger partial charge in [-0.15, -0.1) is 11.3 Å². The first-order valence-electron chi connectivity index (χ1n) is 5.36. The van der Waals surface area contributed by atoms with Crippen LogP contribution in [-0.4, -0.2) is 18.4 Å². The van der Waals surface area contributed by atoms with Crippen LogP contribution in [0.5, 0.6) is 0 Å². The Hall–Kier alpha value is -1.06. The van der Waals surface area contributed by atoms with E-state index in [1.54, 1.807) is 17.8 Å². The molecule has 0 atom stereocenters. The number of rotatable bonds is 5. The van der Waals surface area contributed by atoms with E-state index in [-0.39, 0.29) is 21.5 Å². The topological polar surface area (TPSA) is 85.1 Å². The Morgan fingerprint density at radius 3 is 2.85 bits per heavy atom. The van der Waals surface area contributed by atoms with E-state index in [1.165, 1.54) is 23.5 Å². The fraction of sp³-hybridized carbons (Fsp3) is 0.0909. The lowest BCUT2D eigenvalue weighted by Crippen LogP contribution is -2.23. The van der Waals surface area contributed by atoms with Crippen molar-refractivity contribution in [3.05, 3.63) is 45.4 Å². The van der Waals surface area contributed by atoms with E-state index in [0.29, 0.717) is 5.56 Å². The molecule has 1 heterocycles. The molecule has 0 saturated carbocycles. The Labute approximate surface area is 130 Å². The molecule has 0 bridgehead atoms. The SMILES string of the molecule is NC(=S)c1ccc(Cl)c(S(=O)(=O)NCc2cncs2)c1. The molecule has 2 rings (SSSR count). The average molecular weight is 348 g/mol. The van der Waals surface area contributed by atoms with Crippen LogP contribution in [0.15, 0.2) is 34.8 Å². The molecule has 3 N–H and O–H groups in total. The van der Waals surface area contributed by atoms with E-state index in [1.807, 2.05) is 0 Å². The summed E-state index contributed by atoms with van der Waals surface area (Å²) in [4.78, 5) is 4.74. The number of thiocarbonyl (C=S) groups is 1. The fourth-order valence-electron chi connectivity index (χ4n) is 1.44. The smallest absolute Gasteiger partial charge is 0.242 e. The molecule has 0 amide bonds. The van der Waals surface area contributed by atoms with Gasteiger partial charge in [-0.05, 0) is 12.1 Å². The molecule has 0 aliphatic heterocycles. The minimum absolute atomic E-state index is 0.0472. The van der Waals surface area contributed by atoms with Gasteiger partial charge in [0.2, 0.25) is 10.0 Å². The second-order valence-corrected chi connectivity index (χ2v) is 7.36. The van der Waals surface area contributed by atoms with Gasteiger partial charge < -0.3 is 5.73 Å². The molecule has 0 aliphatic carbocycles. The molecule has 9 heteroatoms. The Morgan fingerprint density at radius 1 is 1.50 bits per heavy atom. The summed E-state index contributed by atoms with van der Waals surface area (Å²) in [5.74, 6) is 0. The van der Waals surface area contributed by atoms with Crippen LogP contribution in [0.4, 0.5) is 0 Å². The van der Waals surface area contributed by atoms with Crippen molar-refractivity contribution < 1.29 is 8.42 Å². The number of hydrogen-bond acceptors (Lipinski definition) is 5. The maximum absolute atomic E-state index is 12.2. The van der Waals surface area contributed by atoms with Gasteiger partial charge in [-0.2, -0.15) is 0 Å². The molecule has 0 radical (unpaired) electrons. The number of nitrogens with zero attached hydrogens (tertiary/aromatic N) is 1. The molecular weight excluding hydrogens is 338 g/mol. The summed E-state index contributed by atoms with van der Waals surface area (Å²) in [5, 5.41) is 0.113. The monoisotopic (exact) mass is 347 g/mol. The third-order valence-electron chi connectivity index (χ3n) is 2.43. The van der Waals surface area contributed by atoms with E-state index in [9.17, 15) is 8.42 Å². The first kappa shape index (κ1) is 15.3. The molecule has 0 aliphatic rings. The quantitative estimate of drug-likeness (QED) is 0.807. The Balaban J connectivity index is 2.28. The van der Waals surface area contributed by atoms with Crippen molar-refractivity contribution in [3.8, 4) is 0 Å². The van der Waals surface area contributed by atoms with Crippen LogP contribution in [0.1, 0.15) is 10.4 Å². The predicted molar refractivity (Wildman–Crippen MR) is 83.5 cm³/mol. The standard InChI is InChI=1S/C11H10ClN3O2S3/c12-9-2-1-7(11(13)18)3-10(9)20(16,17)15-5-8-4-14-6-19-8/h1-4,6,15H,5H2,(H2,13,18). The molecule has 2 aromatic rings. The molecule has 1 aromatic carbocycles. The van der Waals surface area contributed by atoms with Gasteiger partial charge in [0.1, 0.15) is 9.88 Å². The van der Waals surface area contributed by atoms with Gasteiger partial charge >= 0.3 is 0 Å². The number of nitrogens with two attached hydrogens (primary N) is 1. The zero-order valence-electron chi connectivity index (χ0n) is 10.0. The van der Waals surface area contributed by atoms with Crippen LogP contribution < -0.4 is 10.5 Å². The lowest BCUT2D eigenvalue weighted by Gasteiger charge is -2.09. The Bertz CT molecular complexity index is 729. The first-order valence-corrected chi connectivity index (χ1v) is 8.51. The maximum atomic E-state index is 12.2. The van der Waals surface area contributed by atoms with Crippen LogP contribution >= 0.6 is 35.2 Å². The molecule has 1 aromatic heterocycles. The Kier molecular flexibility index (Phi) is 4.71. The van der Waals surface area contributed by atoms with Gasteiger partial charge in [0.25, 0.3) is 0 Å². The highest BCUT2D eigenvalue weighted by Gasteiger charge is 2.19. The number of benzene rings is 1. The minimum Gasteiger partial charge on any atom is -0.389 e. The van der Waals surface area contributed by atoms with Gasteiger partial charge in [-0.1, -0.05) is 29.9 Å². The first-order chi connectivity index (χ1) is 9.40. The zero-order chi connectivity index (χ0) is 14.8. The molecule has 20 heavy (non-hydrogen) atoms. The van der Waals surface area contributed by atoms with Crippen molar-refractivity contribution in [2.45, 2.75) is 11.4 Å². The van der Waals surface area contributed by atoms with E-state index in [0.717, 1.165) is 4.88 Å².